The molecule has 0 N–H and O–H groups in total. The van der Waals surface area contributed by atoms with Crippen LogP contribution in [0.2, 0.25) is 0 Å². The number of hydrogen-bond donors (Lipinski definition) is 0. The summed E-state index contributed by atoms with van der Waals surface area (Å²) in [5, 5.41) is 0. The fourth-order valence-electron chi connectivity index (χ4n) is 3.67. The topological polar surface area (TPSA) is 25.6 Å². The first-order valence-corrected chi connectivity index (χ1v) is 14.7. The Morgan fingerprint density at radius 3 is 2.56 bits per heavy atom. The number of allylic oxidation sites excluding steroid dienone is 4. The first kappa shape index (κ1) is 23.4. The summed E-state index contributed by atoms with van der Waals surface area (Å²) >= 11 is 4.34. The van der Waals surface area contributed by atoms with E-state index in [0.29, 0.717) is 29.5 Å². The van der Waals surface area contributed by atoms with Gasteiger partial charge >= 0.3 is 211 Å². The van der Waals surface area contributed by atoms with Crippen LogP contribution in [0.3, 0.4) is 0 Å². The monoisotopic (exact) mass is 625 g/mol. The number of aryl methyl sites for hydroxylation is 1. The Hall–Kier alpha value is -1.75. The maximum atomic E-state index is 5.42. The van der Waals surface area contributed by atoms with E-state index >= 15 is 0 Å². The SMILES string of the molecule is CCN1\C(=C/C=C(Br)/C=C/c2[se]c3ccc(OC)cc3[n+]2CC)[Se]c2ccc(OC)cc21. The van der Waals surface area contributed by atoms with Gasteiger partial charge in [0.1, 0.15) is 0 Å². The molecule has 4 nitrogen and oxygen atoms in total. The summed E-state index contributed by atoms with van der Waals surface area (Å²) in [5.74, 6) is 1.82. The Kier molecular flexibility index (Phi) is 7.65. The molecule has 32 heavy (non-hydrogen) atoms. The molecule has 1 aliphatic heterocycles. The van der Waals surface area contributed by atoms with Crippen LogP contribution in [0.25, 0.3) is 15.9 Å². The number of hydrogen-bond acceptors (Lipinski definition) is 3. The molecule has 0 aliphatic carbocycles. The van der Waals surface area contributed by atoms with Crippen molar-refractivity contribution in [1.29, 1.82) is 0 Å². The second-order valence-electron chi connectivity index (χ2n) is 7.09. The van der Waals surface area contributed by atoms with Crippen LogP contribution in [0.1, 0.15) is 18.4 Å². The molecule has 0 saturated heterocycles. The van der Waals surface area contributed by atoms with Gasteiger partial charge in [0, 0.05) is 0 Å². The predicted octanol–water partition coefficient (Wildman–Crippen LogP) is 4.22. The summed E-state index contributed by atoms with van der Waals surface area (Å²) in [6, 6.07) is 12.8. The summed E-state index contributed by atoms with van der Waals surface area (Å²) < 4.78 is 19.8. The minimum atomic E-state index is 0.300. The number of rotatable bonds is 7. The van der Waals surface area contributed by atoms with Crippen LogP contribution in [0.15, 0.2) is 63.7 Å². The fraction of sp³-hybridized carbons (Fsp3) is 0.240. The molecule has 0 spiro atoms. The van der Waals surface area contributed by atoms with Crippen LogP contribution >= 0.6 is 15.9 Å². The summed E-state index contributed by atoms with van der Waals surface area (Å²) in [6.07, 6.45) is 8.81. The van der Waals surface area contributed by atoms with Gasteiger partial charge in [0.2, 0.25) is 0 Å². The van der Waals surface area contributed by atoms with Gasteiger partial charge in [-0.2, -0.15) is 0 Å². The molecule has 0 unspecified atom stereocenters. The van der Waals surface area contributed by atoms with E-state index in [9.17, 15) is 0 Å². The van der Waals surface area contributed by atoms with Crippen LogP contribution in [0.5, 0.6) is 11.5 Å². The molecule has 0 saturated carbocycles. The molecule has 0 atom stereocenters. The quantitative estimate of drug-likeness (QED) is 0.224. The zero-order chi connectivity index (χ0) is 22.7. The zero-order valence-corrected chi connectivity index (χ0v) is 23.6. The van der Waals surface area contributed by atoms with Crippen LogP contribution < -0.4 is 23.4 Å². The molecule has 0 bridgehead atoms. The van der Waals surface area contributed by atoms with E-state index in [4.69, 9.17) is 9.47 Å². The molecule has 0 fully saturated rings. The van der Waals surface area contributed by atoms with E-state index in [2.05, 4.69) is 99.9 Å². The molecule has 166 valence electrons. The first-order valence-electron chi connectivity index (χ1n) is 10.5. The molecule has 4 rings (SSSR count). The number of fused-ring (bicyclic) bond motifs is 2. The minimum absolute atomic E-state index is 0.300. The molecular formula is C25H26BrN2O2Se2+. The van der Waals surface area contributed by atoms with Gasteiger partial charge in [-0.05, 0) is 0 Å². The average Bonchev–Trinajstić information content (AvgIpc) is 3.36. The Morgan fingerprint density at radius 1 is 1.09 bits per heavy atom. The average molecular weight is 624 g/mol. The normalized spacial score (nSPS) is 15.2. The molecule has 0 amide bonds. The van der Waals surface area contributed by atoms with Crippen molar-refractivity contribution in [2.45, 2.75) is 20.4 Å². The summed E-state index contributed by atoms with van der Waals surface area (Å²) in [5.41, 5.74) is 2.54. The molecule has 0 radical (unpaired) electrons. The van der Waals surface area contributed by atoms with Crippen molar-refractivity contribution < 1.29 is 14.0 Å². The number of anilines is 1. The molecule has 7 heteroatoms. The maximum absolute atomic E-state index is 5.42. The van der Waals surface area contributed by atoms with Crippen LogP contribution in [0.4, 0.5) is 5.69 Å². The predicted molar refractivity (Wildman–Crippen MR) is 139 cm³/mol. The van der Waals surface area contributed by atoms with Gasteiger partial charge in [-0.1, -0.05) is 0 Å². The Bertz CT molecular complexity index is 1230. The van der Waals surface area contributed by atoms with E-state index in [-0.39, 0.29) is 0 Å². The number of benzene rings is 2. The van der Waals surface area contributed by atoms with E-state index in [1.54, 1.807) is 14.2 Å². The van der Waals surface area contributed by atoms with Crippen molar-refractivity contribution in [3.8, 4) is 11.5 Å². The van der Waals surface area contributed by atoms with E-state index in [0.717, 1.165) is 29.1 Å². The second-order valence-corrected chi connectivity index (χ2v) is 12.5. The number of halogens is 1. The third-order valence-electron chi connectivity index (χ3n) is 5.28. The number of methoxy groups -OCH3 is 2. The zero-order valence-electron chi connectivity index (χ0n) is 18.6. The first-order chi connectivity index (χ1) is 15.6. The summed E-state index contributed by atoms with van der Waals surface area (Å²) in [7, 11) is 3.44. The third kappa shape index (κ3) is 4.78. The van der Waals surface area contributed by atoms with Crippen molar-refractivity contribution in [2.75, 3.05) is 25.7 Å². The summed E-state index contributed by atoms with van der Waals surface area (Å²) in [4.78, 5) is 2.38. The molecule has 2 heterocycles. The van der Waals surface area contributed by atoms with Gasteiger partial charge in [-0.25, -0.2) is 0 Å². The standard InChI is InChI=1S/C25H26BrN2O2Se2/c1-5-27-20-15-18(29-3)9-11-22(20)31-24(27)13-7-17(26)8-14-25-28(6-2)21-16-19(30-4)10-12-23(21)32-25/h7-16H,5-6H2,1-4H3/q+1. The number of aromatic nitrogens is 1. The second kappa shape index (κ2) is 10.5. The van der Waals surface area contributed by atoms with E-state index in [1.807, 2.05) is 0 Å². The van der Waals surface area contributed by atoms with Crippen molar-refractivity contribution in [3.63, 3.8) is 0 Å². The van der Waals surface area contributed by atoms with Crippen molar-refractivity contribution in [3.05, 3.63) is 68.3 Å². The van der Waals surface area contributed by atoms with Crippen LogP contribution in [-0.2, 0) is 6.54 Å². The molecule has 1 aromatic heterocycles. The fourth-order valence-corrected chi connectivity index (χ4v) is 8.59. The van der Waals surface area contributed by atoms with Gasteiger partial charge in [0.25, 0.3) is 0 Å². The van der Waals surface area contributed by atoms with E-state index in [1.165, 1.54) is 29.1 Å². The van der Waals surface area contributed by atoms with Crippen molar-refractivity contribution in [1.82, 2.24) is 0 Å². The van der Waals surface area contributed by atoms with Crippen LogP contribution in [0, 0.1) is 0 Å². The van der Waals surface area contributed by atoms with Gasteiger partial charge in [0.15, 0.2) is 0 Å². The van der Waals surface area contributed by atoms with E-state index < -0.39 is 0 Å². The van der Waals surface area contributed by atoms with Gasteiger partial charge < -0.3 is 0 Å². The Morgan fingerprint density at radius 2 is 1.84 bits per heavy atom. The number of ether oxygens (including phenoxy) is 2. The Labute approximate surface area is 210 Å². The van der Waals surface area contributed by atoms with Gasteiger partial charge in [-0.3, -0.25) is 0 Å². The summed E-state index contributed by atoms with van der Waals surface area (Å²) in [6.45, 7) is 6.29. The van der Waals surface area contributed by atoms with Gasteiger partial charge in [-0.15, -0.1) is 0 Å². The third-order valence-corrected chi connectivity index (χ3v) is 10.6. The molecule has 2 aromatic carbocycles. The van der Waals surface area contributed by atoms with Crippen LogP contribution in [-0.4, -0.2) is 50.2 Å². The van der Waals surface area contributed by atoms with Crippen molar-refractivity contribution >= 4 is 71.4 Å². The van der Waals surface area contributed by atoms with Crippen molar-refractivity contribution in [2.24, 2.45) is 0 Å². The molecular weight excluding hydrogens is 598 g/mol. The van der Waals surface area contributed by atoms with Gasteiger partial charge in [0.05, 0.1) is 0 Å². The molecule has 1 aliphatic rings. The number of nitrogens with zero attached hydrogens (tertiary/aromatic N) is 2. The Balaban J connectivity index is 1.57. The molecule has 3 aromatic rings.